The lowest BCUT2D eigenvalue weighted by Crippen LogP contribution is -2.54. The molecule has 4 fully saturated rings. The predicted molar refractivity (Wildman–Crippen MR) is 307 cm³/mol. The van der Waals surface area contributed by atoms with Crippen LogP contribution in [0.25, 0.3) is 44.5 Å². The Hall–Kier alpha value is -7.96. The van der Waals surface area contributed by atoms with E-state index in [-0.39, 0.29) is 90.4 Å². The summed E-state index contributed by atoms with van der Waals surface area (Å²) in [6.45, 7) is 7.67. The molecule has 2 saturated heterocycles. The molecule has 16 nitrogen and oxygen atoms in total. The highest BCUT2D eigenvalue weighted by molar-refractivity contribution is 6.34. The van der Waals surface area contributed by atoms with E-state index in [1.165, 1.54) is 41.7 Å². The van der Waals surface area contributed by atoms with E-state index in [0.29, 0.717) is 58.5 Å². The quantitative estimate of drug-likeness (QED) is 0.119. The molecule has 2 aliphatic heterocycles. The first-order valence-corrected chi connectivity index (χ1v) is 28.7. The fraction of sp³-hybridized carbons (Fsp3) is 0.365. The standard InChI is InChI=1S/C63H60Cl2F2N8O8/c1-32(2)51(70-60(80)82-5)58(78)72-31-62(23-24-62)29-49(72)54-68-30-50(75(54)57(77)42-12-8-10-14-46(42)65)36-17-21-40-39-20-16-34(26-43(39)63(66,67)44(40)27-36)35-18-22-47-48(28-35)74(56(76)41-11-7-9-13-45(41)64)55(69-47)53-37-15-19-38(25-37)73(53)59(79)52(33(3)4)71-61(81)83-6/h7-14,16-18,20-22,26-28,30,32-33,37-38,49,51-53H,15,19,23-25,29,31H2,1-6H3,(H,70,80)(H,71,81). The van der Waals surface area contributed by atoms with E-state index < -0.39 is 54.1 Å². The van der Waals surface area contributed by atoms with Crippen LogP contribution in [-0.4, -0.2) is 104 Å². The van der Waals surface area contributed by atoms with Gasteiger partial charge in [-0.3, -0.25) is 28.3 Å². The Morgan fingerprint density at radius 3 is 1.82 bits per heavy atom. The summed E-state index contributed by atoms with van der Waals surface area (Å²) in [5.74, 6) is -5.41. The second-order valence-electron chi connectivity index (χ2n) is 23.3. The maximum absolute atomic E-state index is 17.5. The molecule has 12 rings (SSSR count). The number of amides is 4. The second kappa shape index (κ2) is 21.0. The van der Waals surface area contributed by atoms with Gasteiger partial charge in [0.25, 0.3) is 17.7 Å². The molecule has 4 amide bonds. The minimum atomic E-state index is -3.55. The molecule has 2 aromatic heterocycles. The Morgan fingerprint density at radius 1 is 0.675 bits per heavy atom. The van der Waals surface area contributed by atoms with Crippen LogP contribution in [0.4, 0.5) is 18.4 Å². The Bertz CT molecular complexity index is 3850. The summed E-state index contributed by atoms with van der Waals surface area (Å²) in [6.07, 6.45) is 4.35. The molecule has 3 aliphatic carbocycles. The van der Waals surface area contributed by atoms with Crippen LogP contribution in [-0.2, 0) is 25.0 Å². The lowest BCUT2D eigenvalue weighted by Gasteiger charge is -2.38. The van der Waals surface area contributed by atoms with Gasteiger partial charge in [-0.05, 0) is 132 Å². The summed E-state index contributed by atoms with van der Waals surface area (Å²) in [5, 5.41) is 5.78. The minimum absolute atomic E-state index is 0.0560. The summed E-state index contributed by atoms with van der Waals surface area (Å²) >= 11 is 13.4. The molecule has 83 heavy (non-hydrogen) atoms. The number of benzene rings is 5. The fourth-order valence-electron chi connectivity index (χ4n) is 13.2. The summed E-state index contributed by atoms with van der Waals surface area (Å²) in [6, 6.07) is 24.5. The summed E-state index contributed by atoms with van der Waals surface area (Å²) < 4.78 is 47.7. The van der Waals surface area contributed by atoms with Crippen molar-refractivity contribution in [2.45, 2.75) is 102 Å². The molecular weight excluding hydrogens is 1110 g/mol. The van der Waals surface area contributed by atoms with Crippen molar-refractivity contribution in [2.24, 2.45) is 23.2 Å². The van der Waals surface area contributed by atoms with Gasteiger partial charge < -0.3 is 29.9 Å². The molecule has 0 radical (unpaired) electrons. The normalized spacial score (nSPS) is 20.4. The zero-order valence-electron chi connectivity index (χ0n) is 46.4. The van der Waals surface area contributed by atoms with Crippen LogP contribution in [0, 0.1) is 23.2 Å². The van der Waals surface area contributed by atoms with Crippen LogP contribution >= 0.6 is 23.2 Å². The molecule has 5 aromatic carbocycles. The van der Waals surface area contributed by atoms with E-state index in [1.807, 2.05) is 27.7 Å². The zero-order valence-corrected chi connectivity index (χ0v) is 47.9. The van der Waals surface area contributed by atoms with Crippen LogP contribution in [0.15, 0.2) is 109 Å². The number of alkyl carbamates (subject to hydrolysis) is 2. The van der Waals surface area contributed by atoms with Crippen LogP contribution in [0.1, 0.15) is 122 Å². The van der Waals surface area contributed by atoms with Gasteiger partial charge in [0.1, 0.15) is 23.7 Å². The first-order valence-electron chi connectivity index (χ1n) is 27.9. The van der Waals surface area contributed by atoms with E-state index in [2.05, 4.69) is 10.6 Å². The molecule has 2 saturated carbocycles. The minimum Gasteiger partial charge on any atom is -0.453 e. The average molecular weight is 1170 g/mol. The Kier molecular flexibility index (Phi) is 14.1. The van der Waals surface area contributed by atoms with Crippen molar-refractivity contribution in [3.8, 4) is 33.5 Å². The van der Waals surface area contributed by atoms with Crippen LogP contribution in [0.2, 0.25) is 10.0 Å². The number of imidazole rings is 2. The zero-order chi connectivity index (χ0) is 58.6. The summed E-state index contributed by atoms with van der Waals surface area (Å²) in [4.78, 5) is 97.7. The number of halogens is 4. The van der Waals surface area contributed by atoms with Crippen molar-refractivity contribution in [1.29, 1.82) is 0 Å². The molecule has 20 heteroatoms. The number of ether oxygens (including phenoxy) is 2. The number of piperidine rings is 1. The molecule has 2 bridgehead atoms. The van der Waals surface area contributed by atoms with E-state index in [9.17, 15) is 24.0 Å². The number of likely N-dealkylation sites (tertiary alicyclic amines) is 2. The number of carbonyl (C=O) groups excluding carboxylic acids is 6. The number of nitrogens with one attached hydrogen (secondary N) is 2. The van der Waals surface area contributed by atoms with Gasteiger partial charge in [-0.2, -0.15) is 8.78 Å². The van der Waals surface area contributed by atoms with E-state index in [4.69, 9.17) is 42.6 Å². The number of fused-ring (bicyclic) bond motifs is 6. The predicted octanol–water partition coefficient (Wildman–Crippen LogP) is 12.2. The fourth-order valence-corrected chi connectivity index (χ4v) is 13.6. The molecule has 1 spiro atoms. The monoisotopic (exact) mass is 1160 g/mol. The lowest BCUT2D eigenvalue weighted by molar-refractivity contribution is -0.139. The highest BCUT2D eigenvalue weighted by Crippen LogP contribution is 2.59. The maximum Gasteiger partial charge on any atom is 0.407 e. The highest BCUT2D eigenvalue weighted by atomic mass is 35.5. The number of hydrogen-bond acceptors (Lipinski definition) is 10. The Balaban J connectivity index is 0.923. The van der Waals surface area contributed by atoms with Crippen molar-refractivity contribution in [2.75, 3.05) is 20.8 Å². The SMILES string of the molecule is COC(=O)NC(C(=O)N1CC2(CC2)CC1c1ncc(-c2ccc3c(c2)C(F)(F)c2cc(-c4ccc5nc(C6C7CCC(C7)N6C(=O)C(NC(=O)OC)C(C)C)n(C(=O)c6ccccc6Cl)c5c4)ccc2-3)n1C(=O)c1ccccc1Cl)C(C)C. The van der Waals surface area contributed by atoms with Gasteiger partial charge in [0.05, 0.1) is 70.4 Å². The molecule has 6 atom stereocenters. The molecule has 7 aromatic rings. The third kappa shape index (κ3) is 9.41. The molecular formula is C63H60Cl2F2N8O8. The van der Waals surface area contributed by atoms with Crippen LogP contribution < -0.4 is 10.6 Å². The summed E-state index contributed by atoms with van der Waals surface area (Å²) in [7, 11) is 2.46. The molecule has 428 valence electrons. The van der Waals surface area contributed by atoms with E-state index in [0.717, 1.165) is 25.7 Å². The Morgan fingerprint density at radius 2 is 1.23 bits per heavy atom. The lowest BCUT2D eigenvalue weighted by atomic mass is 9.95. The maximum atomic E-state index is 17.5. The molecule has 5 aliphatic rings. The van der Waals surface area contributed by atoms with Crippen molar-refractivity contribution in [3.63, 3.8) is 0 Å². The van der Waals surface area contributed by atoms with Gasteiger partial charge in [0.2, 0.25) is 11.8 Å². The van der Waals surface area contributed by atoms with Crippen molar-refractivity contribution >= 4 is 70.1 Å². The number of methoxy groups -OCH3 is 2. The van der Waals surface area contributed by atoms with Crippen molar-refractivity contribution < 1.29 is 47.0 Å². The molecule has 4 heterocycles. The Labute approximate surface area is 487 Å². The number of hydrogen-bond donors (Lipinski definition) is 2. The number of aromatic nitrogens is 4. The number of nitrogens with zero attached hydrogens (tertiary/aromatic N) is 6. The second-order valence-corrected chi connectivity index (χ2v) is 24.1. The molecule has 2 N–H and O–H groups in total. The smallest absolute Gasteiger partial charge is 0.407 e. The number of carbonyl (C=O) groups is 6. The third-order valence-corrected chi connectivity index (χ3v) is 18.3. The summed E-state index contributed by atoms with van der Waals surface area (Å²) in [5.41, 5.74) is 2.41. The van der Waals surface area contributed by atoms with Gasteiger partial charge in [-0.1, -0.05) is 105 Å². The number of rotatable bonds is 12. The van der Waals surface area contributed by atoms with Crippen molar-refractivity contribution in [1.82, 2.24) is 39.5 Å². The first kappa shape index (κ1) is 55.6. The average Bonchev–Trinajstić information content (AvgIpc) is 2.21. The molecule has 6 unspecified atom stereocenters. The topological polar surface area (TPSA) is 187 Å². The van der Waals surface area contributed by atoms with Gasteiger partial charge in [0, 0.05) is 29.3 Å². The van der Waals surface area contributed by atoms with Gasteiger partial charge >= 0.3 is 12.2 Å². The largest absolute Gasteiger partial charge is 0.453 e. The van der Waals surface area contributed by atoms with Gasteiger partial charge in [-0.15, -0.1) is 0 Å². The first-order chi connectivity index (χ1) is 39.7. The van der Waals surface area contributed by atoms with Gasteiger partial charge in [-0.25, -0.2) is 19.6 Å². The van der Waals surface area contributed by atoms with Crippen molar-refractivity contribution in [3.05, 3.63) is 153 Å². The highest BCUT2D eigenvalue weighted by Gasteiger charge is 2.57. The van der Waals surface area contributed by atoms with Crippen LogP contribution in [0.3, 0.4) is 0 Å². The van der Waals surface area contributed by atoms with Gasteiger partial charge in [0.15, 0.2) is 0 Å². The van der Waals surface area contributed by atoms with E-state index in [1.54, 1.807) is 101 Å². The number of alkyl halides is 2. The van der Waals surface area contributed by atoms with E-state index >= 15 is 13.6 Å². The van der Waals surface area contributed by atoms with Crippen LogP contribution in [0.5, 0.6) is 0 Å². The third-order valence-electron chi connectivity index (χ3n) is 17.7.